The SMILES string of the molecule is COc1ccc(C(Cl)C2(C)CCCCC2)cc1Br. The van der Waals surface area contributed by atoms with Gasteiger partial charge in [-0.15, -0.1) is 11.6 Å². The second-order valence-electron chi connectivity index (χ2n) is 5.47. The molecule has 1 atom stereocenters. The molecule has 18 heavy (non-hydrogen) atoms. The molecule has 1 aromatic carbocycles. The summed E-state index contributed by atoms with van der Waals surface area (Å²) in [5.74, 6) is 0.858. The smallest absolute Gasteiger partial charge is 0.133 e. The van der Waals surface area contributed by atoms with E-state index in [1.165, 1.54) is 37.7 Å². The molecule has 0 radical (unpaired) electrons. The molecule has 0 N–H and O–H groups in total. The number of methoxy groups -OCH3 is 1. The number of alkyl halides is 1. The Bertz CT molecular complexity index is 413. The lowest BCUT2D eigenvalue weighted by molar-refractivity contribution is 0.206. The van der Waals surface area contributed by atoms with Crippen molar-refractivity contribution >= 4 is 27.5 Å². The molecular weight excluding hydrogens is 312 g/mol. The third kappa shape index (κ3) is 2.85. The van der Waals surface area contributed by atoms with E-state index in [-0.39, 0.29) is 10.8 Å². The summed E-state index contributed by atoms with van der Waals surface area (Å²) < 4.78 is 6.24. The molecule has 0 spiro atoms. The summed E-state index contributed by atoms with van der Waals surface area (Å²) >= 11 is 10.3. The Morgan fingerprint density at radius 2 is 1.94 bits per heavy atom. The summed E-state index contributed by atoms with van der Waals surface area (Å²) in [6, 6.07) is 6.17. The molecule has 0 saturated heterocycles. The highest BCUT2D eigenvalue weighted by atomic mass is 79.9. The van der Waals surface area contributed by atoms with Crippen molar-refractivity contribution in [1.82, 2.24) is 0 Å². The zero-order chi connectivity index (χ0) is 13.2. The predicted molar refractivity (Wildman–Crippen MR) is 80.5 cm³/mol. The topological polar surface area (TPSA) is 9.23 Å². The van der Waals surface area contributed by atoms with Gasteiger partial charge in [0.15, 0.2) is 0 Å². The maximum Gasteiger partial charge on any atom is 0.133 e. The first-order valence-corrected chi connectivity index (χ1v) is 7.77. The van der Waals surface area contributed by atoms with Crippen molar-refractivity contribution in [2.75, 3.05) is 7.11 Å². The van der Waals surface area contributed by atoms with E-state index in [0.717, 1.165) is 10.2 Å². The molecule has 0 amide bonds. The quantitative estimate of drug-likeness (QED) is 0.645. The van der Waals surface area contributed by atoms with Gasteiger partial charge < -0.3 is 4.74 Å². The number of hydrogen-bond donors (Lipinski definition) is 0. The first-order valence-electron chi connectivity index (χ1n) is 6.54. The van der Waals surface area contributed by atoms with Gasteiger partial charge in [-0.1, -0.05) is 32.3 Å². The molecule has 2 rings (SSSR count). The van der Waals surface area contributed by atoms with Gasteiger partial charge in [0.05, 0.1) is 17.0 Å². The summed E-state index contributed by atoms with van der Waals surface area (Å²) in [5, 5.41) is 0.0833. The van der Waals surface area contributed by atoms with Crippen LogP contribution < -0.4 is 4.74 Å². The van der Waals surface area contributed by atoms with Crippen LogP contribution >= 0.6 is 27.5 Å². The van der Waals surface area contributed by atoms with E-state index in [9.17, 15) is 0 Å². The fourth-order valence-corrected chi connectivity index (χ4v) is 3.77. The summed E-state index contributed by atoms with van der Waals surface area (Å²) in [6.07, 6.45) is 6.41. The Hall–Kier alpha value is -0.210. The van der Waals surface area contributed by atoms with Gasteiger partial charge in [-0.3, -0.25) is 0 Å². The monoisotopic (exact) mass is 330 g/mol. The molecule has 1 unspecified atom stereocenters. The zero-order valence-electron chi connectivity index (χ0n) is 11.0. The minimum atomic E-state index is 0.0833. The average molecular weight is 332 g/mol. The van der Waals surface area contributed by atoms with E-state index < -0.39 is 0 Å². The molecule has 1 aliphatic carbocycles. The van der Waals surface area contributed by atoms with Gasteiger partial charge in [-0.05, 0) is 51.9 Å². The minimum Gasteiger partial charge on any atom is -0.496 e. The average Bonchev–Trinajstić information content (AvgIpc) is 2.38. The Kier molecular flexibility index (Phi) is 4.60. The minimum absolute atomic E-state index is 0.0833. The van der Waals surface area contributed by atoms with Crippen molar-refractivity contribution in [2.24, 2.45) is 5.41 Å². The van der Waals surface area contributed by atoms with Crippen LogP contribution in [0.3, 0.4) is 0 Å². The molecule has 100 valence electrons. The fourth-order valence-electron chi connectivity index (χ4n) is 2.86. The second-order valence-corrected chi connectivity index (χ2v) is 6.76. The van der Waals surface area contributed by atoms with Crippen LogP contribution in [0.1, 0.15) is 50.0 Å². The summed E-state index contributed by atoms with van der Waals surface area (Å²) in [5.41, 5.74) is 1.42. The summed E-state index contributed by atoms with van der Waals surface area (Å²) in [6.45, 7) is 2.32. The standard InChI is InChI=1S/C15H20BrClO/c1-15(8-4-3-5-9-15)14(17)11-6-7-13(18-2)12(16)10-11/h6-7,10,14H,3-5,8-9H2,1-2H3. The van der Waals surface area contributed by atoms with Crippen molar-refractivity contribution < 1.29 is 4.74 Å². The molecule has 0 aliphatic heterocycles. The van der Waals surface area contributed by atoms with Crippen LogP contribution in [0.4, 0.5) is 0 Å². The first-order chi connectivity index (χ1) is 8.57. The van der Waals surface area contributed by atoms with Crippen molar-refractivity contribution in [3.63, 3.8) is 0 Å². The van der Waals surface area contributed by atoms with Gasteiger partial charge in [0, 0.05) is 0 Å². The zero-order valence-corrected chi connectivity index (χ0v) is 13.4. The van der Waals surface area contributed by atoms with Gasteiger partial charge in [-0.25, -0.2) is 0 Å². The van der Waals surface area contributed by atoms with Crippen molar-refractivity contribution in [3.8, 4) is 5.75 Å². The predicted octanol–water partition coefficient (Wildman–Crippen LogP) is 5.71. The highest BCUT2D eigenvalue weighted by Crippen LogP contribution is 2.49. The van der Waals surface area contributed by atoms with E-state index >= 15 is 0 Å². The molecule has 3 heteroatoms. The van der Waals surface area contributed by atoms with Crippen LogP contribution in [-0.4, -0.2) is 7.11 Å². The molecule has 1 fully saturated rings. The van der Waals surface area contributed by atoms with Crippen LogP contribution in [-0.2, 0) is 0 Å². The molecule has 0 aromatic heterocycles. The fraction of sp³-hybridized carbons (Fsp3) is 0.600. The third-order valence-electron chi connectivity index (χ3n) is 4.08. The first kappa shape index (κ1) is 14.2. The Labute approximate surface area is 123 Å². The van der Waals surface area contributed by atoms with Crippen LogP contribution in [0.25, 0.3) is 0 Å². The number of ether oxygens (including phenoxy) is 1. The van der Waals surface area contributed by atoms with Crippen LogP contribution in [0, 0.1) is 5.41 Å². The number of hydrogen-bond acceptors (Lipinski definition) is 1. The largest absolute Gasteiger partial charge is 0.496 e. The lowest BCUT2D eigenvalue weighted by atomic mass is 9.71. The van der Waals surface area contributed by atoms with E-state index in [2.05, 4.69) is 35.0 Å². The molecule has 0 bridgehead atoms. The molecule has 1 aromatic rings. The molecule has 1 saturated carbocycles. The highest BCUT2D eigenvalue weighted by Gasteiger charge is 2.35. The van der Waals surface area contributed by atoms with Crippen molar-refractivity contribution in [1.29, 1.82) is 0 Å². The van der Waals surface area contributed by atoms with Gasteiger partial charge >= 0.3 is 0 Å². The van der Waals surface area contributed by atoms with E-state index in [1.807, 2.05) is 6.07 Å². The van der Waals surface area contributed by atoms with Gasteiger partial charge in [0.1, 0.15) is 5.75 Å². The van der Waals surface area contributed by atoms with E-state index in [4.69, 9.17) is 16.3 Å². The molecule has 1 nitrogen and oxygen atoms in total. The number of halogens is 2. The van der Waals surface area contributed by atoms with Crippen molar-refractivity contribution in [2.45, 2.75) is 44.4 Å². The second kappa shape index (κ2) is 5.83. The molecular formula is C15H20BrClO. The van der Waals surface area contributed by atoms with Crippen LogP contribution in [0.2, 0.25) is 0 Å². The van der Waals surface area contributed by atoms with Crippen LogP contribution in [0.15, 0.2) is 22.7 Å². The molecule has 1 aliphatic rings. The normalized spacial score (nSPS) is 20.4. The molecule has 0 heterocycles. The summed E-state index contributed by atoms with van der Waals surface area (Å²) in [7, 11) is 1.68. The third-order valence-corrected chi connectivity index (χ3v) is 5.47. The van der Waals surface area contributed by atoms with Gasteiger partial charge in [-0.2, -0.15) is 0 Å². The highest BCUT2D eigenvalue weighted by molar-refractivity contribution is 9.10. The Balaban J connectivity index is 2.22. The maximum atomic E-state index is 6.73. The van der Waals surface area contributed by atoms with E-state index in [1.54, 1.807) is 7.11 Å². The number of benzene rings is 1. The van der Waals surface area contributed by atoms with Crippen LogP contribution in [0.5, 0.6) is 5.75 Å². The van der Waals surface area contributed by atoms with Gasteiger partial charge in [0.25, 0.3) is 0 Å². The maximum absolute atomic E-state index is 6.73. The Morgan fingerprint density at radius 1 is 1.28 bits per heavy atom. The number of rotatable bonds is 3. The van der Waals surface area contributed by atoms with E-state index in [0.29, 0.717) is 0 Å². The summed E-state index contributed by atoms with van der Waals surface area (Å²) in [4.78, 5) is 0. The Morgan fingerprint density at radius 3 is 2.50 bits per heavy atom. The lowest BCUT2D eigenvalue weighted by Gasteiger charge is -2.38. The van der Waals surface area contributed by atoms with Gasteiger partial charge in [0.2, 0.25) is 0 Å². The lowest BCUT2D eigenvalue weighted by Crippen LogP contribution is -2.25. The van der Waals surface area contributed by atoms with Crippen molar-refractivity contribution in [3.05, 3.63) is 28.2 Å².